The van der Waals surface area contributed by atoms with Gasteiger partial charge in [-0.3, -0.25) is 4.90 Å². The standard InChI is InChI=1S/C15H24N2O/c1-4-16-8-12-5-6-13-9-17(10-14(13)7-12)15(2,3)11-18/h5-7,16,18H,4,8-11H2,1-3H3. The van der Waals surface area contributed by atoms with Crippen LogP contribution in [-0.2, 0) is 19.6 Å². The van der Waals surface area contributed by atoms with Crippen molar-refractivity contribution in [1.29, 1.82) is 0 Å². The Bertz CT molecular complexity index is 415. The fraction of sp³-hybridized carbons (Fsp3) is 0.600. The molecule has 0 fully saturated rings. The summed E-state index contributed by atoms with van der Waals surface area (Å²) in [6.45, 7) is 10.3. The predicted molar refractivity (Wildman–Crippen MR) is 74.2 cm³/mol. The van der Waals surface area contributed by atoms with Crippen LogP contribution in [0.25, 0.3) is 0 Å². The highest BCUT2D eigenvalue weighted by atomic mass is 16.3. The molecule has 2 N–H and O–H groups in total. The van der Waals surface area contributed by atoms with Gasteiger partial charge < -0.3 is 10.4 Å². The van der Waals surface area contributed by atoms with Crippen molar-refractivity contribution in [1.82, 2.24) is 10.2 Å². The molecule has 1 aromatic carbocycles. The molecule has 0 amide bonds. The summed E-state index contributed by atoms with van der Waals surface area (Å²) in [5.41, 5.74) is 4.02. The molecule has 0 bridgehead atoms. The fourth-order valence-electron chi connectivity index (χ4n) is 2.36. The van der Waals surface area contributed by atoms with Gasteiger partial charge in [-0.15, -0.1) is 0 Å². The Morgan fingerprint density at radius 1 is 1.28 bits per heavy atom. The van der Waals surface area contributed by atoms with E-state index in [0.717, 1.165) is 26.2 Å². The van der Waals surface area contributed by atoms with Crippen molar-refractivity contribution < 1.29 is 5.11 Å². The van der Waals surface area contributed by atoms with Gasteiger partial charge in [0.05, 0.1) is 6.61 Å². The van der Waals surface area contributed by atoms with Crippen LogP contribution in [-0.4, -0.2) is 28.7 Å². The number of nitrogens with zero attached hydrogens (tertiary/aromatic N) is 1. The summed E-state index contributed by atoms with van der Waals surface area (Å²) in [6, 6.07) is 6.73. The molecule has 1 aliphatic heterocycles. The Morgan fingerprint density at radius 2 is 2.00 bits per heavy atom. The van der Waals surface area contributed by atoms with Gasteiger partial charge in [0.2, 0.25) is 0 Å². The SMILES string of the molecule is CCNCc1ccc2c(c1)CN(C(C)(C)CO)C2. The molecule has 1 aromatic rings. The van der Waals surface area contributed by atoms with Gasteiger partial charge in [0, 0.05) is 25.2 Å². The summed E-state index contributed by atoms with van der Waals surface area (Å²) in [5.74, 6) is 0. The number of rotatable bonds is 5. The lowest BCUT2D eigenvalue weighted by molar-refractivity contribution is 0.0545. The first kappa shape index (κ1) is 13.5. The van der Waals surface area contributed by atoms with Crippen LogP contribution in [0.3, 0.4) is 0 Å². The molecular formula is C15H24N2O. The molecular weight excluding hydrogens is 224 g/mol. The van der Waals surface area contributed by atoms with Gasteiger partial charge >= 0.3 is 0 Å². The van der Waals surface area contributed by atoms with Crippen LogP contribution in [0.15, 0.2) is 18.2 Å². The van der Waals surface area contributed by atoms with Gasteiger partial charge in [0.25, 0.3) is 0 Å². The van der Waals surface area contributed by atoms with Crippen LogP contribution >= 0.6 is 0 Å². The quantitative estimate of drug-likeness (QED) is 0.835. The van der Waals surface area contributed by atoms with Gasteiger partial charge in [-0.1, -0.05) is 25.1 Å². The predicted octanol–water partition coefficient (Wildman–Crippen LogP) is 1.88. The zero-order valence-corrected chi connectivity index (χ0v) is 11.7. The first-order valence-corrected chi connectivity index (χ1v) is 6.74. The van der Waals surface area contributed by atoms with Crippen LogP contribution in [0.5, 0.6) is 0 Å². The Morgan fingerprint density at radius 3 is 2.67 bits per heavy atom. The maximum Gasteiger partial charge on any atom is 0.0610 e. The number of benzene rings is 1. The van der Waals surface area contributed by atoms with Gasteiger partial charge in [-0.25, -0.2) is 0 Å². The van der Waals surface area contributed by atoms with E-state index in [2.05, 4.69) is 49.2 Å². The summed E-state index contributed by atoms with van der Waals surface area (Å²) in [7, 11) is 0. The molecule has 1 heterocycles. The number of fused-ring (bicyclic) bond motifs is 1. The van der Waals surface area contributed by atoms with Crippen molar-refractivity contribution in [3.05, 3.63) is 34.9 Å². The van der Waals surface area contributed by atoms with Crippen LogP contribution < -0.4 is 5.32 Å². The van der Waals surface area contributed by atoms with Crippen LogP contribution in [0.4, 0.5) is 0 Å². The van der Waals surface area contributed by atoms with E-state index in [1.165, 1.54) is 16.7 Å². The normalized spacial score (nSPS) is 16.0. The highest BCUT2D eigenvalue weighted by molar-refractivity contribution is 5.35. The summed E-state index contributed by atoms with van der Waals surface area (Å²) >= 11 is 0. The average molecular weight is 248 g/mol. The molecule has 0 spiro atoms. The van der Waals surface area contributed by atoms with E-state index in [0.29, 0.717) is 0 Å². The van der Waals surface area contributed by atoms with E-state index < -0.39 is 0 Å². The second-order valence-corrected chi connectivity index (χ2v) is 5.71. The first-order valence-electron chi connectivity index (χ1n) is 6.74. The Labute approximate surface area is 110 Å². The monoisotopic (exact) mass is 248 g/mol. The maximum absolute atomic E-state index is 9.45. The zero-order valence-electron chi connectivity index (χ0n) is 11.7. The Balaban J connectivity index is 2.10. The zero-order chi connectivity index (χ0) is 13.2. The summed E-state index contributed by atoms with van der Waals surface area (Å²) in [5, 5.41) is 12.8. The molecule has 0 unspecified atom stereocenters. The van der Waals surface area contributed by atoms with Crippen LogP contribution in [0, 0.1) is 0 Å². The Kier molecular flexibility index (Phi) is 4.05. The number of nitrogens with one attached hydrogen (secondary N) is 1. The molecule has 0 aromatic heterocycles. The lowest BCUT2D eigenvalue weighted by Crippen LogP contribution is -2.43. The van der Waals surface area contributed by atoms with Gasteiger partial charge in [0.1, 0.15) is 0 Å². The van der Waals surface area contributed by atoms with Crippen molar-refractivity contribution in [3.8, 4) is 0 Å². The molecule has 100 valence electrons. The van der Waals surface area contributed by atoms with E-state index >= 15 is 0 Å². The lowest BCUT2D eigenvalue weighted by Gasteiger charge is -2.33. The van der Waals surface area contributed by atoms with Crippen molar-refractivity contribution in [2.24, 2.45) is 0 Å². The highest BCUT2D eigenvalue weighted by Crippen LogP contribution is 2.29. The third-order valence-electron chi connectivity index (χ3n) is 3.82. The second-order valence-electron chi connectivity index (χ2n) is 5.71. The molecule has 0 saturated heterocycles. The fourth-order valence-corrected chi connectivity index (χ4v) is 2.36. The molecule has 3 heteroatoms. The molecule has 0 aliphatic carbocycles. The minimum Gasteiger partial charge on any atom is -0.394 e. The molecule has 18 heavy (non-hydrogen) atoms. The summed E-state index contributed by atoms with van der Waals surface area (Å²) < 4.78 is 0. The molecule has 3 nitrogen and oxygen atoms in total. The van der Waals surface area contributed by atoms with Gasteiger partial charge in [-0.2, -0.15) is 0 Å². The smallest absolute Gasteiger partial charge is 0.0610 e. The molecule has 0 radical (unpaired) electrons. The summed E-state index contributed by atoms with van der Waals surface area (Å²) in [4.78, 5) is 2.34. The molecule has 2 rings (SSSR count). The number of aliphatic hydroxyl groups excluding tert-OH is 1. The highest BCUT2D eigenvalue weighted by Gasteiger charge is 2.31. The van der Waals surface area contributed by atoms with Crippen molar-refractivity contribution in [3.63, 3.8) is 0 Å². The average Bonchev–Trinajstić information content (AvgIpc) is 2.80. The van der Waals surface area contributed by atoms with Crippen molar-refractivity contribution in [2.75, 3.05) is 13.2 Å². The minimum absolute atomic E-state index is 0.138. The van der Waals surface area contributed by atoms with E-state index in [1.807, 2.05) is 0 Å². The van der Waals surface area contributed by atoms with Crippen molar-refractivity contribution in [2.45, 2.75) is 45.9 Å². The van der Waals surface area contributed by atoms with Gasteiger partial charge in [0.15, 0.2) is 0 Å². The van der Waals surface area contributed by atoms with E-state index in [-0.39, 0.29) is 12.1 Å². The molecule has 1 aliphatic rings. The van der Waals surface area contributed by atoms with E-state index in [4.69, 9.17) is 0 Å². The van der Waals surface area contributed by atoms with E-state index in [9.17, 15) is 5.11 Å². The van der Waals surface area contributed by atoms with Crippen LogP contribution in [0.2, 0.25) is 0 Å². The largest absolute Gasteiger partial charge is 0.394 e. The molecule has 0 atom stereocenters. The third-order valence-corrected chi connectivity index (χ3v) is 3.82. The first-order chi connectivity index (χ1) is 8.56. The number of hydrogen-bond donors (Lipinski definition) is 2. The summed E-state index contributed by atoms with van der Waals surface area (Å²) in [6.07, 6.45) is 0. The second kappa shape index (κ2) is 5.39. The third kappa shape index (κ3) is 2.74. The van der Waals surface area contributed by atoms with Crippen LogP contribution in [0.1, 0.15) is 37.5 Å². The maximum atomic E-state index is 9.45. The lowest BCUT2D eigenvalue weighted by atomic mass is 10.1. The topological polar surface area (TPSA) is 35.5 Å². The number of aliphatic hydroxyl groups is 1. The van der Waals surface area contributed by atoms with Crippen molar-refractivity contribution >= 4 is 0 Å². The van der Waals surface area contributed by atoms with Gasteiger partial charge in [-0.05, 0) is 37.1 Å². The molecule has 0 saturated carbocycles. The van der Waals surface area contributed by atoms with E-state index in [1.54, 1.807) is 0 Å². The Hall–Kier alpha value is -0.900. The minimum atomic E-state index is -0.138. The number of hydrogen-bond acceptors (Lipinski definition) is 3.